The Hall–Kier alpha value is -0.150. The van der Waals surface area contributed by atoms with E-state index in [0.29, 0.717) is 12.6 Å². The zero-order valence-electron chi connectivity index (χ0n) is 6.60. The van der Waals surface area contributed by atoms with Gasteiger partial charge in [0.05, 0.1) is 0 Å². The molecule has 1 saturated heterocycles. The highest BCUT2D eigenvalue weighted by molar-refractivity contribution is 4.73. The first kappa shape index (κ1) is 7.95. The van der Waals surface area contributed by atoms with Gasteiger partial charge in [0.25, 0.3) is 0 Å². The molecule has 1 unspecified atom stereocenters. The normalized spacial score (nSPS) is 29.4. The molecule has 0 bridgehead atoms. The monoisotopic (exact) mass is 146 g/mol. The van der Waals surface area contributed by atoms with Crippen LogP contribution in [0.25, 0.3) is 0 Å². The predicted molar refractivity (Wildman–Crippen MR) is 39.6 cm³/mol. The molecule has 1 aliphatic rings. The molecule has 0 saturated carbocycles. The van der Waals surface area contributed by atoms with Crippen molar-refractivity contribution in [2.24, 2.45) is 0 Å². The molecule has 1 fully saturated rings. The predicted octanol–water partition coefficient (Wildman–Crippen LogP) is 0.596. The number of nitrogens with one attached hydrogen (secondary N) is 1. The summed E-state index contributed by atoms with van der Waals surface area (Å²) in [4.78, 5) is 2.14. The number of piperazine rings is 1. The molecule has 0 spiro atoms. The molecular formula is C7H15FN2. The third-order valence-electron chi connectivity index (χ3n) is 1.89. The van der Waals surface area contributed by atoms with Gasteiger partial charge >= 0.3 is 0 Å². The maximum Gasteiger partial charge on any atom is 0.164 e. The fraction of sp³-hybridized carbons (Fsp3) is 1.00. The van der Waals surface area contributed by atoms with Crippen LogP contribution in [0.4, 0.5) is 4.39 Å². The fourth-order valence-electron chi connectivity index (χ4n) is 1.20. The number of rotatable bonds is 1. The summed E-state index contributed by atoms with van der Waals surface area (Å²) in [5.41, 5.74) is 0. The minimum Gasteiger partial charge on any atom is -0.295 e. The van der Waals surface area contributed by atoms with E-state index in [1.165, 1.54) is 0 Å². The number of halogens is 1. The second-order valence-electron chi connectivity index (χ2n) is 3.01. The van der Waals surface area contributed by atoms with Crippen molar-refractivity contribution in [2.45, 2.75) is 26.2 Å². The van der Waals surface area contributed by atoms with Crippen molar-refractivity contribution in [1.82, 2.24) is 10.2 Å². The van der Waals surface area contributed by atoms with E-state index in [4.69, 9.17) is 0 Å². The Morgan fingerprint density at radius 3 is 2.70 bits per heavy atom. The molecule has 1 heterocycles. The fourth-order valence-corrected chi connectivity index (χ4v) is 1.20. The molecule has 2 nitrogen and oxygen atoms in total. The quantitative estimate of drug-likeness (QED) is 0.545. The average Bonchev–Trinajstić information content (AvgIpc) is 1.88. The molecule has 0 amide bonds. The first-order valence-corrected chi connectivity index (χ1v) is 3.81. The van der Waals surface area contributed by atoms with E-state index < -0.39 is 6.30 Å². The van der Waals surface area contributed by atoms with Gasteiger partial charge in [-0.15, -0.1) is 0 Å². The lowest BCUT2D eigenvalue weighted by Crippen LogP contribution is -2.50. The van der Waals surface area contributed by atoms with Crippen LogP contribution in [-0.4, -0.2) is 36.9 Å². The maximum absolute atomic E-state index is 12.6. The zero-order valence-corrected chi connectivity index (χ0v) is 6.60. The number of nitrogens with zero attached hydrogens (tertiary/aromatic N) is 1. The Morgan fingerprint density at radius 1 is 1.60 bits per heavy atom. The van der Waals surface area contributed by atoms with Crippen molar-refractivity contribution in [1.29, 1.82) is 0 Å². The summed E-state index contributed by atoms with van der Waals surface area (Å²) in [6.45, 7) is 6.48. The molecule has 0 aliphatic carbocycles. The summed E-state index contributed by atoms with van der Waals surface area (Å²) in [5, 5.41) is 2.76. The van der Waals surface area contributed by atoms with E-state index in [0.717, 1.165) is 13.1 Å². The summed E-state index contributed by atoms with van der Waals surface area (Å²) in [6, 6.07) is 0.473. The van der Waals surface area contributed by atoms with Gasteiger partial charge < -0.3 is 0 Å². The SMILES string of the molecule is CC(C)N1CCNC(F)C1. The van der Waals surface area contributed by atoms with Gasteiger partial charge in [-0.25, -0.2) is 4.39 Å². The van der Waals surface area contributed by atoms with E-state index in [2.05, 4.69) is 24.1 Å². The van der Waals surface area contributed by atoms with Crippen LogP contribution in [0.1, 0.15) is 13.8 Å². The lowest BCUT2D eigenvalue weighted by Gasteiger charge is -2.32. The van der Waals surface area contributed by atoms with Crippen LogP contribution in [0, 0.1) is 0 Å². The molecule has 60 valence electrons. The molecule has 0 aromatic heterocycles. The number of hydrogen-bond donors (Lipinski definition) is 1. The van der Waals surface area contributed by atoms with Crippen LogP contribution in [0.15, 0.2) is 0 Å². The van der Waals surface area contributed by atoms with Gasteiger partial charge in [-0.2, -0.15) is 0 Å². The van der Waals surface area contributed by atoms with Crippen molar-refractivity contribution < 1.29 is 4.39 Å². The molecule has 0 aromatic carbocycles. The van der Waals surface area contributed by atoms with E-state index in [1.54, 1.807) is 0 Å². The Balaban J connectivity index is 2.32. The van der Waals surface area contributed by atoms with Crippen molar-refractivity contribution in [3.8, 4) is 0 Å². The summed E-state index contributed by atoms with van der Waals surface area (Å²) in [6.07, 6.45) is -0.823. The second-order valence-corrected chi connectivity index (χ2v) is 3.01. The van der Waals surface area contributed by atoms with Gasteiger partial charge in [-0.1, -0.05) is 0 Å². The molecule has 10 heavy (non-hydrogen) atoms. The van der Waals surface area contributed by atoms with Gasteiger partial charge in [-0.05, 0) is 13.8 Å². The minimum absolute atomic E-state index is 0.473. The summed E-state index contributed by atoms with van der Waals surface area (Å²) in [5.74, 6) is 0. The highest BCUT2D eigenvalue weighted by Gasteiger charge is 2.19. The largest absolute Gasteiger partial charge is 0.295 e. The van der Waals surface area contributed by atoms with Crippen molar-refractivity contribution >= 4 is 0 Å². The molecule has 1 rings (SSSR count). The van der Waals surface area contributed by atoms with Crippen LogP contribution in [0.3, 0.4) is 0 Å². The highest BCUT2D eigenvalue weighted by atomic mass is 19.1. The zero-order chi connectivity index (χ0) is 7.56. The van der Waals surface area contributed by atoms with Crippen LogP contribution in [0.5, 0.6) is 0 Å². The van der Waals surface area contributed by atoms with Gasteiger partial charge in [0.1, 0.15) is 0 Å². The minimum atomic E-state index is -0.823. The molecule has 1 aliphatic heterocycles. The summed E-state index contributed by atoms with van der Waals surface area (Å²) in [7, 11) is 0. The Bertz CT molecular complexity index is 106. The molecule has 1 N–H and O–H groups in total. The summed E-state index contributed by atoms with van der Waals surface area (Å²) < 4.78 is 12.6. The van der Waals surface area contributed by atoms with E-state index in [1.807, 2.05) is 0 Å². The van der Waals surface area contributed by atoms with Crippen LogP contribution >= 0.6 is 0 Å². The Kier molecular flexibility index (Phi) is 2.63. The third-order valence-corrected chi connectivity index (χ3v) is 1.89. The Labute approximate surface area is 61.4 Å². The first-order chi connectivity index (χ1) is 4.70. The van der Waals surface area contributed by atoms with E-state index in [9.17, 15) is 4.39 Å². The number of hydrogen-bond acceptors (Lipinski definition) is 2. The van der Waals surface area contributed by atoms with Crippen LogP contribution in [0.2, 0.25) is 0 Å². The summed E-state index contributed by atoms with van der Waals surface area (Å²) >= 11 is 0. The van der Waals surface area contributed by atoms with Crippen LogP contribution in [-0.2, 0) is 0 Å². The van der Waals surface area contributed by atoms with Gasteiger partial charge in [0.2, 0.25) is 0 Å². The highest BCUT2D eigenvalue weighted by Crippen LogP contribution is 2.03. The smallest absolute Gasteiger partial charge is 0.164 e. The Morgan fingerprint density at radius 2 is 2.30 bits per heavy atom. The van der Waals surface area contributed by atoms with E-state index in [-0.39, 0.29) is 0 Å². The van der Waals surface area contributed by atoms with Gasteiger partial charge in [0.15, 0.2) is 6.30 Å². The van der Waals surface area contributed by atoms with Crippen molar-refractivity contribution in [3.63, 3.8) is 0 Å². The average molecular weight is 146 g/mol. The number of alkyl halides is 1. The topological polar surface area (TPSA) is 15.3 Å². The molecular weight excluding hydrogens is 131 g/mol. The van der Waals surface area contributed by atoms with Crippen LogP contribution < -0.4 is 5.32 Å². The third kappa shape index (κ3) is 1.92. The van der Waals surface area contributed by atoms with Crippen molar-refractivity contribution in [3.05, 3.63) is 0 Å². The molecule has 0 radical (unpaired) electrons. The van der Waals surface area contributed by atoms with Gasteiger partial charge in [0, 0.05) is 25.7 Å². The van der Waals surface area contributed by atoms with E-state index >= 15 is 0 Å². The lowest BCUT2D eigenvalue weighted by molar-refractivity contribution is 0.101. The molecule has 3 heteroatoms. The van der Waals surface area contributed by atoms with Crippen molar-refractivity contribution in [2.75, 3.05) is 19.6 Å². The standard InChI is InChI=1S/C7H15FN2/c1-6(2)10-4-3-9-7(8)5-10/h6-7,9H,3-5H2,1-2H3. The molecule has 0 aromatic rings. The second kappa shape index (κ2) is 3.30. The lowest BCUT2D eigenvalue weighted by atomic mass is 10.2. The molecule has 1 atom stereocenters. The van der Waals surface area contributed by atoms with Gasteiger partial charge in [-0.3, -0.25) is 10.2 Å². The first-order valence-electron chi connectivity index (χ1n) is 3.81. The maximum atomic E-state index is 12.6.